The van der Waals surface area contributed by atoms with Gasteiger partial charge < -0.3 is 24.6 Å². The van der Waals surface area contributed by atoms with Crippen LogP contribution in [0.5, 0.6) is 0 Å². The fourth-order valence-corrected chi connectivity index (χ4v) is 11.0. The summed E-state index contributed by atoms with van der Waals surface area (Å²) in [4.78, 5) is 66.4. The minimum absolute atomic E-state index is 0.0219. The Labute approximate surface area is 341 Å². The number of aliphatic hydroxyl groups excluding tert-OH is 1. The fraction of sp³-hybridized carbons (Fsp3) is 0.553. The van der Waals surface area contributed by atoms with Crippen LogP contribution >= 0.6 is 0 Å². The first-order valence-electron chi connectivity index (χ1n) is 20.8. The number of esters is 1. The Morgan fingerprint density at radius 3 is 2.48 bits per heavy atom. The number of ether oxygens (including phenoxy) is 3. The quantitative estimate of drug-likeness (QED) is 0.225. The number of hydrogen-bond acceptors (Lipinski definition) is 10. The predicted molar refractivity (Wildman–Crippen MR) is 217 cm³/mol. The molecule has 11 heteroatoms. The maximum absolute atomic E-state index is 14.7. The van der Waals surface area contributed by atoms with Crippen molar-refractivity contribution in [1.82, 2.24) is 4.90 Å². The van der Waals surface area contributed by atoms with Gasteiger partial charge in [-0.3, -0.25) is 28.9 Å². The summed E-state index contributed by atoms with van der Waals surface area (Å²) in [5.74, 6) is -1.69. The van der Waals surface area contributed by atoms with Crippen molar-refractivity contribution in [2.24, 2.45) is 40.4 Å². The molecule has 0 unspecified atom stereocenters. The molecule has 310 valence electrons. The number of Topliss-reactive ketones (excluding diaryl/α,β-unsaturated/α-hetero) is 2. The summed E-state index contributed by atoms with van der Waals surface area (Å²) in [6.45, 7) is 9.17. The van der Waals surface area contributed by atoms with Crippen LogP contribution in [0.25, 0.3) is 0 Å². The summed E-state index contributed by atoms with van der Waals surface area (Å²) in [5.41, 5.74) is 1.71. The van der Waals surface area contributed by atoms with Crippen molar-refractivity contribution in [2.75, 3.05) is 32.6 Å². The van der Waals surface area contributed by atoms with E-state index in [2.05, 4.69) is 12.2 Å². The number of nitrogens with one attached hydrogen (secondary N) is 1. The largest absolute Gasteiger partial charge is 0.457 e. The summed E-state index contributed by atoms with van der Waals surface area (Å²) in [7, 11) is 3.51. The number of likely N-dealkylation sites (N-methyl/N-ethyl adjacent to an activating group) is 1. The van der Waals surface area contributed by atoms with Crippen molar-refractivity contribution in [3.63, 3.8) is 0 Å². The monoisotopic (exact) mass is 794 g/mol. The number of carbonyl (C=O) groups is 5. The van der Waals surface area contributed by atoms with Crippen LogP contribution in [0.2, 0.25) is 0 Å². The van der Waals surface area contributed by atoms with Gasteiger partial charge >= 0.3 is 5.97 Å². The SMILES string of the molecule is CC(C)C(=O)C[C@@H](C)C(=O)Nc1cccc(Cc2ccc([C@@H]3O[C@@H]4C[C@H]5[C@@H]6CCC7=CC(=O)C=C[C@]7(C)[C@H]6[C@@H](O)C[C@]5(C)[C@]4(C(=O)COC(=O)CN(C)C)O3)cc2)c1. The van der Waals surface area contributed by atoms with Crippen molar-refractivity contribution in [3.8, 4) is 0 Å². The van der Waals surface area contributed by atoms with Crippen LogP contribution in [0.4, 0.5) is 5.69 Å². The van der Waals surface area contributed by atoms with E-state index in [4.69, 9.17) is 14.2 Å². The Morgan fingerprint density at radius 1 is 1.03 bits per heavy atom. The molecule has 5 aliphatic rings. The highest BCUT2D eigenvalue weighted by atomic mass is 16.7. The van der Waals surface area contributed by atoms with E-state index in [-0.39, 0.29) is 59.9 Å². The molecule has 0 bridgehead atoms. The standard InChI is InChI=1S/C47H58N2O9/c1-27(2)37(51)19-28(3)43(55)48-33-10-8-9-30(21-33)20-29-11-13-31(14-12-29)44-57-40-23-36-35-16-15-32-22-34(50)17-18-45(32,4)42(35)38(52)24-46(36,5)47(40,58-44)39(53)26-56-41(54)25-49(6)7/h8-14,17-18,21-22,27-28,35-36,38,40,42,44,52H,15-16,19-20,23-26H2,1-7H3,(H,48,55)/t28-,35+,36+,38+,40-,42-,44-,45+,46+,47-/m1/s1. The van der Waals surface area contributed by atoms with Gasteiger partial charge in [0.15, 0.2) is 24.3 Å². The highest BCUT2D eigenvalue weighted by Crippen LogP contribution is 2.70. The second kappa shape index (κ2) is 16.0. The molecule has 11 nitrogen and oxygen atoms in total. The zero-order valence-electron chi connectivity index (χ0n) is 34.8. The van der Waals surface area contributed by atoms with Crippen LogP contribution < -0.4 is 5.32 Å². The average molecular weight is 795 g/mol. The Morgan fingerprint density at radius 2 is 1.78 bits per heavy atom. The number of rotatable bonds is 13. The average Bonchev–Trinajstić information content (AvgIpc) is 3.67. The van der Waals surface area contributed by atoms with Crippen LogP contribution in [0, 0.1) is 40.4 Å². The summed E-state index contributed by atoms with van der Waals surface area (Å²) in [6, 6.07) is 15.5. The first-order valence-corrected chi connectivity index (χ1v) is 20.8. The van der Waals surface area contributed by atoms with E-state index in [1.165, 1.54) is 0 Å². The number of allylic oxidation sites excluding steroid dienone is 4. The third-order valence-corrected chi connectivity index (χ3v) is 13.9. The molecule has 58 heavy (non-hydrogen) atoms. The van der Waals surface area contributed by atoms with Crippen LogP contribution in [0.1, 0.15) is 89.7 Å². The topological polar surface area (TPSA) is 149 Å². The molecule has 2 aromatic carbocycles. The number of aliphatic hydroxyl groups is 1. The number of hydrogen-bond donors (Lipinski definition) is 2. The molecular weight excluding hydrogens is 737 g/mol. The molecular formula is C47H58N2O9. The molecule has 1 saturated heterocycles. The van der Waals surface area contributed by atoms with Crippen LogP contribution in [0.15, 0.2) is 72.3 Å². The second-order valence-corrected chi connectivity index (χ2v) is 18.4. The molecule has 2 N–H and O–H groups in total. The van der Waals surface area contributed by atoms with Crippen molar-refractivity contribution >= 4 is 34.9 Å². The molecule has 0 radical (unpaired) electrons. The Balaban J connectivity index is 1.10. The van der Waals surface area contributed by atoms with Gasteiger partial charge in [0.1, 0.15) is 5.78 Å². The number of benzene rings is 2. The van der Waals surface area contributed by atoms with Crippen molar-refractivity contribution in [2.45, 2.75) is 97.2 Å². The maximum atomic E-state index is 14.7. The van der Waals surface area contributed by atoms with Gasteiger partial charge in [0, 0.05) is 46.3 Å². The number of fused-ring (bicyclic) bond motifs is 7. The highest BCUT2D eigenvalue weighted by molar-refractivity contribution is 6.01. The van der Waals surface area contributed by atoms with Gasteiger partial charge in [-0.2, -0.15) is 0 Å². The van der Waals surface area contributed by atoms with Gasteiger partial charge in [0.05, 0.1) is 18.8 Å². The van der Waals surface area contributed by atoms with Crippen molar-refractivity contribution in [1.29, 1.82) is 0 Å². The molecule has 0 spiro atoms. The normalized spacial score (nSPS) is 32.8. The van der Waals surface area contributed by atoms with E-state index in [1.54, 1.807) is 38.1 Å². The van der Waals surface area contributed by atoms with Gasteiger partial charge in [-0.15, -0.1) is 0 Å². The third-order valence-electron chi connectivity index (χ3n) is 13.9. The maximum Gasteiger partial charge on any atom is 0.320 e. The lowest BCUT2D eigenvalue weighted by Crippen LogP contribution is -2.63. The molecule has 1 aliphatic heterocycles. The van der Waals surface area contributed by atoms with Gasteiger partial charge in [0.2, 0.25) is 11.7 Å². The minimum atomic E-state index is -1.47. The lowest BCUT2D eigenvalue weighted by molar-refractivity contribution is -0.202. The minimum Gasteiger partial charge on any atom is -0.457 e. The van der Waals surface area contributed by atoms with Crippen molar-refractivity contribution < 1.29 is 43.3 Å². The first-order chi connectivity index (χ1) is 27.4. The van der Waals surface area contributed by atoms with Crippen molar-refractivity contribution in [3.05, 3.63) is 89.0 Å². The molecule has 10 atom stereocenters. The lowest BCUT2D eigenvalue weighted by atomic mass is 9.46. The smallest absolute Gasteiger partial charge is 0.320 e. The molecule has 3 saturated carbocycles. The molecule has 2 aromatic rings. The first kappa shape index (κ1) is 41.9. The number of amides is 1. The van der Waals surface area contributed by atoms with E-state index in [9.17, 15) is 29.1 Å². The second-order valence-electron chi connectivity index (χ2n) is 18.4. The van der Waals surface area contributed by atoms with Gasteiger partial charge in [-0.1, -0.05) is 82.7 Å². The van der Waals surface area contributed by atoms with Crippen LogP contribution in [-0.2, 0) is 44.6 Å². The summed E-state index contributed by atoms with van der Waals surface area (Å²) in [6.07, 6.45) is 6.20. The summed E-state index contributed by atoms with van der Waals surface area (Å²) < 4.78 is 19.2. The molecule has 1 amide bonds. The molecule has 7 rings (SSSR count). The van der Waals surface area contributed by atoms with E-state index >= 15 is 0 Å². The zero-order valence-corrected chi connectivity index (χ0v) is 34.8. The number of anilines is 1. The van der Waals surface area contributed by atoms with E-state index in [0.29, 0.717) is 24.9 Å². The number of carbonyl (C=O) groups excluding carboxylic acids is 5. The van der Waals surface area contributed by atoms with Gasteiger partial charge in [-0.25, -0.2) is 0 Å². The Bertz CT molecular complexity index is 2020. The summed E-state index contributed by atoms with van der Waals surface area (Å²) in [5, 5.41) is 15.1. The predicted octanol–water partition coefficient (Wildman–Crippen LogP) is 6.18. The number of nitrogens with zero attached hydrogens (tertiary/aromatic N) is 1. The Kier molecular flexibility index (Phi) is 11.6. The van der Waals surface area contributed by atoms with E-state index < -0.39 is 53.4 Å². The lowest BCUT2D eigenvalue weighted by Gasteiger charge is -2.59. The van der Waals surface area contributed by atoms with Gasteiger partial charge in [0.25, 0.3) is 0 Å². The fourth-order valence-electron chi connectivity index (χ4n) is 11.0. The highest BCUT2D eigenvalue weighted by Gasteiger charge is 2.76. The third kappa shape index (κ3) is 7.55. The molecule has 0 aromatic heterocycles. The summed E-state index contributed by atoms with van der Waals surface area (Å²) >= 11 is 0. The van der Waals surface area contributed by atoms with Crippen LogP contribution in [-0.4, -0.2) is 84.3 Å². The van der Waals surface area contributed by atoms with Gasteiger partial charge in [-0.05, 0) is 93.4 Å². The van der Waals surface area contributed by atoms with E-state index in [1.807, 2.05) is 75.4 Å². The van der Waals surface area contributed by atoms with E-state index in [0.717, 1.165) is 35.1 Å². The molecule has 4 aliphatic carbocycles. The van der Waals surface area contributed by atoms with Crippen LogP contribution in [0.3, 0.4) is 0 Å². The number of ketones is 3. The zero-order chi connectivity index (χ0) is 41.7. The Hall–Kier alpha value is -4.29. The molecule has 1 heterocycles. The molecule has 4 fully saturated rings.